The fourth-order valence-corrected chi connectivity index (χ4v) is 4.59. The van der Waals surface area contributed by atoms with Crippen LogP contribution in [0.4, 0.5) is 0 Å². The fraction of sp³-hybridized carbons (Fsp3) is 0.385. The predicted octanol–water partition coefficient (Wildman–Crippen LogP) is 2.79. The van der Waals surface area contributed by atoms with Gasteiger partial charge in [0.25, 0.3) is 0 Å². The van der Waals surface area contributed by atoms with E-state index in [1.807, 2.05) is 0 Å². The molecular formula is C13H16Cl2N2O2S. The lowest BCUT2D eigenvalue weighted by atomic mass is 10.2. The SMILES string of the molecule is C=CCN(C1CC1)S(=O)(=O)c1cc(Cl)cc(CN)c1Cl. The van der Waals surface area contributed by atoms with Crippen LogP contribution < -0.4 is 5.73 Å². The van der Waals surface area contributed by atoms with Crippen molar-refractivity contribution in [1.29, 1.82) is 0 Å². The Kier molecular flexibility index (Phi) is 4.76. The maximum Gasteiger partial charge on any atom is 0.245 e. The minimum atomic E-state index is -3.70. The largest absolute Gasteiger partial charge is 0.326 e. The minimum Gasteiger partial charge on any atom is -0.326 e. The summed E-state index contributed by atoms with van der Waals surface area (Å²) in [5.74, 6) is 0. The molecule has 1 aromatic carbocycles. The zero-order chi connectivity index (χ0) is 14.9. The standard InChI is InChI=1S/C13H16Cl2N2O2S/c1-2-5-17(11-3-4-11)20(18,19)12-7-10(14)6-9(8-16)13(12)15/h2,6-7,11H,1,3-5,8,16H2. The Hall–Kier alpha value is -0.590. The molecule has 0 aromatic heterocycles. The lowest BCUT2D eigenvalue weighted by molar-refractivity contribution is 0.436. The van der Waals surface area contributed by atoms with Crippen LogP contribution in [0.2, 0.25) is 10.0 Å². The second-order valence-electron chi connectivity index (χ2n) is 4.68. The van der Waals surface area contributed by atoms with Gasteiger partial charge in [0.15, 0.2) is 0 Å². The molecule has 110 valence electrons. The maximum atomic E-state index is 12.7. The molecule has 1 aliphatic carbocycles. The van der Waals surface area contributed by atoms with E-state index in [1.54, 1.807) is 12.1 Å². The van der Waals surface area contributed by atoms with Crippen LogP contribution >= 0.6 is 23.2 Å². The van der Waals surface area contributed by atoms with Gasteiger partial charge in [-0.05, 0) is 30.5 Å². The van der Waals surface area contributed by atoms with E-state index in [9.17, 15) is 8.42 Å². The van der Waals surface area contributed by atoms with Gasteiger partial charge in [0.1, 0.15) is 4.90 Å². The van der Waals surface area contributed by atoms with Crippen LogP contribution in [-0.4, -0.2) is 25.3 Å². The minimum absolute atomic E-state index is 0.0147. The third-order valence-corrected chi connectivity index (χ3v) is 5.87. The molecule has 2 rings (SSSR count). The molecule has 4 nitrogen and oxygen atoms in total. The van der Waals surface area contributed by atoms with Crippen molar-refractivity contribution in [2.24, 2.45) is 5.73 Å². The fourth-order valence-electron chi connectivity index (χ4n) is 2.01. The summed E-state index contributed by atoms with van der Waals surface area (Å²) in [5.41, 5.74) is 6.09. The highest BCUT2D eigenvalue weighted by Gasteiger charge is 2.38. The van der Waals surface area contributed by atoms with Crippen molar-refractivity contribution in [1.82, 2.24) is 4.31 Å². The highest BCUT2D eigenvalue weighted by atomic mass is 35.5. The van der Waals surface area contributed by atoms with Crippen LogP contribution in [0, 0.1) is 0 Å². The van der Waals surface area contributed by atoms with Crippen LogP contribution in [0.1, 0.15) is 18.4 Å². The molecule has 20 heavy (non-hydrogen) atoms. The van der Waals surface area contributed by atoms with E-state index >= 15 is 0 Å². The Morgan fingerprint density at radius 2 is 2.05 bits per heavy atom. The summed E-state index contributed by atoms with van der Waals surface area (Å²) in [4.78, 5) is 0.0147. The molecule has 1 fully saturated rings. The topological polar surface area (TPSA) is 63.4 Å². The first kappa shape index (κ1) is 15.8. The molecule has 0 unspecified atom stereocenters. The summed E-state index contributed by atoms with van der Waals surface area (Å²) in [6.07, 6.45) is 3.28. The van der Waals surface area contributed by atoms with E-state index in [4.69, 9.17) is 28.9 Å². The van der Waals surface area contributed by atoms with Crippen molar-refractivity contribution in [3.05, 3.63) is 40.4 Å². The van der Waals surface area contributed by atoms with Crippen molar-refractivity contribution in [3.63, 3.8) is 0 Å². The average molecular weight is 335 g/mol. The second kappa shape index (κ2) is 6.03. The van der Waals surface area contributed by atoms with Crippen molar-refractivity contribution < 1.29 is 8.42 Å². The van der Waals surface area contributed by atoms with E-state index < -0.39 is 10.0 Å². The molecule has 0 aliphatic heterocycles. The number of sulfonamides is 1. The van der Waals surface area contributed by atoms with Gasteiger partial charge in [-0.3, -0.25) is 0 Å². The summed E-state index contributed by atoms with van der Waals surface area (Å²) in [5, 5.41) is 0.453. The Balaban J connectivity index is 2.52. The van der Waals surface area contributed by atoms with Gasteiger partial charge in [-0.25, -0.2) is 8.42 Å². The van der Waals surface area contributed by atoms with Crippen molar-refractivity contribution in [2.75, 3.05) is 6.54 Å². The van der Waals surface area contributed by atoms with Gasteiger partial charge in [-0.15, -0.1) is 6.58 Å². The first-order valence-electron chi connectivity index (χ1n) is 6.22. The van der Waals surface area contributed by atoms with Crippen LogP contribution in [0.25, 0.3) is 0 Å². The lowest BCUT2D eigenvalue weighted by Gasteiger charge is -2.21. The van der Waals surface area contributed by atoms with E-state index in [2.05, 4.69) is 6.58 Å². The van der Waals surface area contributed by atoms with E-state index in [1.165, 1.54) is 10.4 Å². The monoisotopic (exact) mass is 334 g/mol. The molecule has 1 saturated carbocycles. The smallest absolute Gasteiger partial charge is 0.245 e. The van der Waals surface area contributed by atoms with Gasteiger partial charge in [0.05, 0.1) is 5.02 Å². The van der Waals surface area contributed by atoms with Crippen molar-refractivity contribution in [2.45, 2.75) is 30.3 Å². The first-order valence-corrected chi connectivity index (χ1v) is 8.42. The molecule has 0 amide bonds. The number of hydrogen-bond donors (Lipinski definition) is 1. The molecule has 0 saturated heterocycles. The lowest BCUT2D eigenvalue weighted by Crippen LogP contribution is -2.33. The molecule has 0 bridgehead atoms. The highest BCUT2D eigenvalue weighted by Crippen LogP contribution is 2.36. The molecule has 0 heterocycles. The molecule has 1 aliphatic rings. The van der Waals surface area contributed by atoms with Crippen molar-refractivity contribution in [3.8, 4) is 0 Å². The number of rotatable bonds is 6. The molecular weight excluding hydrogens is 319 g/mol. The normalized spacial score (nSPS) is 15.6. The zero-order valence-corrected chi connectivity index (χ0v) is 13.2. The summed E-state index contributed by atoms with van der Waals surface area (Å²) in [6.45, 7) is 4.00. The Morgan fingerprint density at radius 3 is 2.55 bits per heavy atom. The van der Waals surface area contributed by atoms with Gasteiger partial charge < -0.3 is 5.73 Å². The zero-order valence-electron chi connectivity index (χ0n) is 10.9. The third-order valence-electron chi connectivity index (χ3n) is 3.15. The van der Waals surface area contributed by atoms with Crippen LogP contribution in [0.5, 0.6) is 0 Å². The summed E-state index contributed by atoms with van der Waals surface area (Å²) < 4.78 is 26.9. The Labute approximate surface area is 129 Å². The van der Waals surface area contributed by atoms with Gasteiger partial charge in [-0.2, -0.15) is 4.31 Å². The van der Waals surface area contributed by atoms with Gasteiger partial charge in [0, 0.05) is 24.2 Å². The van der Waals surface area contributed by atoms with Crippen LogP contribution in [-0.2, 0) is 16.6 Å². The van der Waals surface area contributed by atoms with E-state index in [0.29, 0.717) is 10.6 Å². The number of nitrogens with zero attached hydrogens (tertiary/aromatic N) is 1. The van der Waals surface area contributed by atoms with Gasteiger partial charge in [-0.1, -0.05) is 29.3 Å². The molecule has 2 N–H and O–H groups in total. The summed E-state index contributed by atoms with van der Waals surface area (Å²) >= 11 is 12.1. The highest BCUT2D eigenvalue weighted by molar-refractivity contribution is 7.89. The molecule has 7 heteroatoms. The average Bonchev–Trinajstić information content (AvgIpc) is 3.22. The molecule has 0 radical (unpaired) electrons. The number of halogens is 2. The van der Waals surface area contributed by atoms with Gasteiger partial charge >= 0.3 is 0 Å². The van der Waals surface area contributed by atoms with Gasteiger partial charge in [0.2, 0.25) is 10.0 Å². The quantitative estimate of drug-likeness (QED) is 0.813. The predicted molar refractivity (Wildman–Crippen MR) is 81.5 cm³/mol. The molecule has 0 atom stereocenters. The van der Waals surface area contributed by atoms with Crippen LogP contribution in [0.15, 0.2) is 29.7 Å². The number of benzene rings is 1. The Bertz CT molecular complexity index is 628. The van der Waals surface area contributed by atoms with Crippen molar-refractivity contribution >= 4 is 33.2 Å². The second-order valence-corrected chi connectivity index (χ2v) is 7.35. The number of hydrogen-bond acceptors (Lipinski definition) is 3. The van der Waals surface area contributed by atoms with Crippen LogP contribution in [0.3, 0.4) is 0 Å². The Morgan fingerprint density at radius 1 is 1.40 bits per heavy atom. The maximum absolute atomic E-state index is 12.7. The van der Waals surface area contributed by atoms with E-state index in [-0.39, 0.29) is 29.0 Å². The summed E-state index contributed by atoms with van der Waals surface area (Å²) in [6, 6.07) is 2.98. The molecule has 1 aromatic rings. The molecule has 0 spiro atoms. The summed E-state index contributed by atoms with van der Waals surface area (Å²) in [7, 11) is -3.70. The van der Waals surface area contributed by atoms with E-state index in [0.717, 1.165) is 12.8 Å². The third kappa shape index (κ3) is 3.02. The first-order chi connectivity index (χ1) is 9.41. The number of nitrogens with two attached hydrogens (primary N) is 1.